The van der Waals surface area contributed by atoms with Crippen LogP contribution in [0.3, 0.4) is 0 Å². The number of hydrogen-bond acceptors (Lipinski definition) is 3. The van der Waals surface area contributed by atoms with Gasteiger partial charge in [-0.1, -0.05) is 44.9 Å². The van der Waals surface area contributed by atoms with E-state index >= 15 is 0 Å². The van der Waals surface area contributed by atoms with E-state index in [4.69, 9.17) is 5.11 Å². The molecule has 1 fully saturated rings. The predicted molar refractivity (Wildman–Crippen MR) is 78.5 cm³/mol. The Hall–Kier alpha value is -0.610. The Labute approximate surface area is 122 Å². The lowest BCUT2D eigenvalue weighted by atomic mass is 9.97. The number of carboxylic acid groups (broad SMARTS) is 1. The first-order valence-electron chi connectivity index (χ1n) is 8.19. The molecule has 0 aromatic carbocycles. The van der Waals surface area contributed by atoms with E-state index in [0.717, 1.165) is 44.9 Å². The molecule has 0 amide bonds. The van der Waals surface area contributed by atoms with Gasteiger partial charge in [0, 0.05) is 6.42 Å². The lowest BCUT2D eigenvalue weighted by Gasteiger charge is -2.15. The summed E-state index contributed by atoms with van der Waals surface area (Å²) in [7, 11) is 0. The first-order valence-corrected chi connectivity index (χ1v) is 8.19. The summed E-state index contributed by atoms with van der Waals surface area (Å²) in [4.78, 5) is 10.3. The highest BCUT2D eigenvalue weighted by Gasteiger charge is 2.32. The van der Waals surface area contributed by atoms with Gasteiger partial charge in [0.1, 0.15) is 0 Å². The van der Waals surface area contributed by atoms with Gasteiger partial charge >= 0.3 is 5.97 Å². The molecule has 20 heavy (non-hydrogen) atoms. The Morgan fingerprint density at radius 1 is 0.850 bits per heavy atom. The van der Waals surface area contributed by atoms with Crippen molar-refractivity contribution in [1.29, 1.82) is 0 Å². The van der Waals surface area contributed by atoms with Crippen LogP contribution in [0.2, 0.25) is 0 Å². The van der Waals surface area contributed by atoms with Gasteiger partial charge in [0.05, 0.1) is 12.2 Å². The molecule has 0 unspecified atom stereocenters. The third-order valence-electron chi connectivity index (χ3n) is 4.43. The zero-order valence-electron chi connectivity index (χ0n) is 12.5. The minimum Gasteiger partial charge on any atom is -0.481 e. The summed E-state index contributed by atoms with van der Waals surface area (Å²) in [6.07, 6.45) is 11.0. The molecule has 4 heteroatoms. The number of hydrogen-bond donors (Lipinski definition) is 3. The molecule has 3 atom stereocenters. The molecule has 1 rings (SSSR count). The van der Waals surface area contributed by atoms with Gasteiger partial charge in [-0.25, -0.2) is 0 Å². The molecule has 1 saturated carbocycles. The fraction of sp³-hybridized carbons (Fsp3) is 0.938. The van der Waals surface area contributed by atoms with E-state index in [1.165, 1.54) is 25.7 Å². The van der Waals surface area contributed by atoms with Gasteiger partial charge in [-0.3, -0.25) is 4.79 Å². The third-order valence-corrected chi connectivity index (χ3v) is 4.43. The van der Waals surface area contributed by atoms with E-state index in [-0.39, 0.29) is 0 Å². The maximum Gasteiger partial charge on any atom is 0.303 e. The molecule has 0 bridgehead atoms. The number of aliphatic hydroxyl groups excluding tert-OH is 2. The molecule has 0 radical (unpaired) electrons. The van der Waals surface area contributed by atoms with Crippen molar-refractivity contribution >= 4 is 5.97 Å². The van der Waals surface area contributed by atoms with Crippen LogP contribution in [0, 0.1) is 5.92 Å². The summed E-state index contributed by atoms with van der Waals surface area (Å²) >= 11 is 0. The van der Waals surface area contributed by atoms with Crippen LogP contribution in [0.5, 0.6) is 0 Å². The Morgan fingerprint density at radius 3 is 1.90 bits per heavy atom. The molecule has 0 heterocycles. The predicted octanol–water partition coefficient (Wildman–Crippen LogP) is 3.10. The number of rotatable bonds is 11. The smallest absolute Gasteiger partial charge is 0.303 e. The van der Waals surface area contributed by atoms with Gasteiger partial charge in [0.2, 0.25) is 0 Å². The van der Waals surface area contributed by atoms with Crippen molar-refractivity contribution in [3.05, 3.63) is 0 Å². The van der Waals surface area contributed by atoms with Crippen molar-refractivity contribution in [3.63, 3.8) is 0 Å². The van der Waals surface area contributed by atoms with Crippen LogP contribution in [-0.4, -0.2) is 33.5 Å². The van der Waals surface area contributed by atoms with E-state index in [1.807, 2.05) is 0 Å². The van der Waals surface area contributed by atoms with Gasteiger partial charge in [0.25, 0.3) is 0 Å². The van der Waals surface area contributed by atoms with E-state index < -0.39 is 18.2 Å². The second-order valence-electron chi connectivity index (χ2n) is 6.16. The topological polar surface area (TPSA) is 77.8 Å². The Balaban J connectivity index is 1.82. The fourth-order valence-electron chi connectivity index (χ4n) is 3.10. The van der Waals surface area contributed by atoms with Gasteiger partial charge in [-0.2, -0.15) is 0 Å². The molecule has 0 aliphatic heterocycles. The number of unbranched alkanes of at least 4 members (excludes halogenated alkanes) is 7. The number of aliphatic hydroxyl groups is 2. The van der Waals surface area contributed by atoms with Crippen LogP contribution in [0.4, 0.5) is 0 Å². The molecular formula is C16H30O4. The minimum absolute atomic E-state index is 0.301. The van der Waals surface area contributed by atoms with Gasteiger partial charge in [-0.15, -0.1) is 0 Å². The number of aliphatic carboxylic acids is 1. The molecule has 0 aromatic rings. The summed E-state index contributed by atoms with van der Waals surface area (Å²) < 4.78 is 0. The van der Waals surface area contributed by atoms with E-state index in [0.29, 0.717) is 12.3 Å². The Kier molecular flexibility index (Phi) is 8.86. The Bertz CT molecular complexity index is 267. The molecular weight excluding hydrogens is 256 g/mol. The quantitative estimate of drug-likeness (QED) is 0.510. The molecule has 118 valence electrons. The average Bonchev–Trinajstić information content (AvgIpc) is 2.72. The minimum atomic E-state index is -0.691. The lowest BCUT2D eigenvalue weighted by molar-refractivity contribution is -0.137. The van der Waals surface area contributed by atoms with Crippen molar-refractivity contribution in [3.8, 4) is 0 Å². The maximum absolute atomic E-state index is 10.3. The van der Waals surface area contributed by atoms with Crippen molar-refractivity contribution in [2.45, 2.75) is 89.3 Å². The van der Waals surface area contributed by atoms with Gasteiger partial charge in [-0.05, 0) is 31.6 Å². The third kappa shape index (κ3) is 7.25. The Morgan fingerprint density at radius 2 is 1.40 bits per heavy atom. The maximum atomic E-state index is 10.3. The van der Waals surface area contributed by atoms with Crippen LogP contribution in [0.25, 0.3) is 0 Å². The van der Waals surface area contributed by atoms with Crippen LogP contribution < -0.4 is 0 Å². The first kappa shape index (κ1) is 17.4. The average molecular weight is 286 g/mol. The van der Waals surface area contributed by atoms with Gasteiger partial charge < -0.3 is 15.3 Å². The summed E-state index contributed by atoms with van der Waals surface area (Å²) in [5.74, 6) is -0.384. The molecule has 0 saturated heterocycles. The summed E-state index contributed by atoms with van der Waals surface area (Å²) in [5.41, 5.74) is 0. The standard InChI is InChI=1S/C16H30O4/c17-14-12-11-13(16(14)20)9-7-5-3-1-2-4-6-8-10-15(18)19/h13-14,16-17,20H,1-12H2,(H,18,19)/t13-,14+,16+/m1/s1. The molecule has 4 nitrogen and oxygen atoms in total. The van der Waals surface area contributed by atoms with Crippen molar-refractivity contribution in [2.24, 2.45) is 5.92 Å². The first-order chi connectivity index (χ1) is 9.61. The highest BCUT2D eigenvalue weighted by molar-refractivity contribution is 5.66. The lowest BCUT2D eigenvalue weighted by Crippen LogP contribution is -2.24. The molecule has 0 spiro atoms. The van der Waals surface area contributed by atoms with Crippen LogP contribution in [0.15, 0.2) is 0 Å². The van der Waals surface area contributed by atoms with Gasteiger partial charge in [0.15, 0.2) is 0 Å². The SMILES string of the molecule is O=C(O)CCCCCCCCCC[C@@H]1CC[C@H](O)[C@H]1O. The molecule has 1 aliphatic rings. The van der Waals surface area contributed by atoms with Crippen LogP contribution >= 0.6 is 0 Å². The second kappa shape index (κ2) is 10.2. The van der Waals surface area contributed by atoms with Crippen molar-refractivity contribution < 1.29 is 20.1 Å². The largest absolute Gasteiger partial charge is 0.481 e. The van der Waals surface area contributed by atoms with Crippen LogP contribution in [0.1, 0.15) is 77.0 Å². The normalized spacial score (nSPS) is 26.0. The fourth-order valence-corrected chi connectivity index (χ4v) is 3.10. The van der Waals surface area contributed by atoms with E-state index in [9.17, 15) is 15.0 Å². The zero-order valence-corrected chi connectivity index (χ0v) is 12.5. The zero-order chi connectivity index (χ0) is 14.8. The second-order valence-corrected chi connectivity index (χ2v) is 6.16. The van der Waals surface area contributed by atoms with Crippen LogP contribution in [-0.2, 0) is 4.79 Å². The monoisotopic (exact) mass is 286 g/mol. The highest BCUT2D eigenvalue weighted by atomic mass is 16.4. The number of carboxylic acids is 1. The van der Waals surface area contributed by atoms with E-state index in [1.54, 1.807) is 0 Å². The number of carbonyl (C=O) groups is 1. The molecule has 3 N–H and O–H groups in total. The van der Waals surface area contributed by atoms with Crippen molar-refractivity contribution in [2.75, 3.05) is 0 Å². The van der Waals surface area contributed by atoms with Crippen molar-refractivity contribution in [1.82, 2.24) is 0 Å². The summed E-state index contributed by atoms with van der Waals surface area (Å²) in [6.45, 7) is 0. The molecule has 0 aromatic heterocycles. The summed E-state index contributed by atoms with van der Waals surface area (Å²) in [5, 5.41) is 27.7. The molecule has 1 aliphatic carbocycles. The summed E-state index contributed by atoms with van der Waals surface area (Å²) in [6, 6.07) is 0. The van der Waals surface area contributed by atoms with E-state index in [2.05, 4.69) is 0 Å². The highest BCUT2D eigenvalue weighted by Crippen LogP contribution is 2.30.